The molecule has 1 aromatic heterocycles. The van der Waals surface area contributed by atoms with Crippen LogP contribution < -0.4 is 0 Å². The van der Waals surface area contributed by atoms with Gasteiger partial charge in [0.2, 0.25) is 0 Å². The Morgan fingerprint density at radius 2 is 2.08 bits per heavy atom. The smallest absolute Gasteiger partial charge is 0.148 e. The largest absolute Gasteiger partial charge is 0.259 e. The molecule has 0 radical (unpaired) electrons. The molecule has 0 spiro atoms. The Hall–Kier alpha value is -0.280. The molecule has 0 bridgehead atoms. The van der Waals surface area contributed by atoms with Crippen LogP contribution in [-0.4, -0.2) is 15.2 Å². The zero-order chi connectivity index (χ0) is 9.10. The molecule has 70 valence electrons. The third-order valence-electron chi connectivity index (χ3n) is 2.17. The molecule has 2 rings (SSSR count). The van der Waals surface area contributed by atoms with Crippen molar-refractivity contribution >= 4 is 23.4 Å². The molecule has 1 heterocycles. The maximum Gasteiger partial charge on any atom is 0.148 e. The van der Waals surface area contributed by atoms with Gasteiger partial charge in [0, 0.05) is 5.25 Å². The number of aromatic nitrogens is 2. The first-order chi connectivity index (χ1) is 6.34. The van der Waals surface area contributed by atoms with Crippen molar-refractivity contribution in [1.29, 1.82) is 0 Å². The van der Waals surface area contributed by atoms with E-state index in [4.69, 9.17) is 11.6 Å². The van der Waals surface area contributed by atoms with Gasteiger partial charge in [-0.25, -0.2) is 4.98 Å². The van der Waals surface area contributed by atoms with Crippen LogP contribution in [0, 0.1) is 0 Å². The van der Waals surface area contributed by atoms with E-state index in [9.17, 15) is 0 Å². The molecular weight excluding hydrogens is 204 g/mol. The summed E-state index contributed by atoms with van der Waals surface area (Å²) < 4.78 is 0. The van der Waals surface area contributed by atoms with E-state index in [1.165, 1.54) is 25.7 Å². The van der Waals surface area contributed by atoms with Gasteiger partial charge in [-0.05, 0) is 12.8 Å². The number of hydrogen-bond acceptors (Lipinski definition) is 3. The second kappa shape index (κ2) is 4.29. The summed E-state index contributed by atoms with van der Waals surface area (Å²) >= 11 is 7.55. The van der Waals surface area contributed by atoms with E-state index < -0.39 is 0 Å². The summed E-state index contributed by atoms with van der Waals surface area (Å²) in [5.41, 5.74) is 0. The minimum Gasteiger partial charge on any atom is -0.259 e. The van der Waals surface area contributed by atoms with E-state index in [2.05, 4.69) is 9.97 Å². The van der Waals surface area contributed by atoms with Gasteiger partial charge >= 0.3 is 0 Å². The summed E-state index contributed by atoms with van der Waals surface area (Å²) in [7, 11) is 0. The summed E-state index contributed by atoms with van der Waals surface area (Å²) in [6.45, 7) is 0. The number of halogens is 1. The highest BCUT2D eigenvalue weighted by Gasteiger charge is 2.16. The molecule has 4 heteroatoms. The number of nitrogens with zero attached hydrogens (tertiary/aromatic N) is 2. The van der Waals surface area contributed by atoms with Crippen molar-refractivity contribution in [1.82, 2.24) is 9.97 Å². The summed E-state index contributed by atoms with van der Waals surface area (Å²) in [4.78, 5) is 8.21. The van der Waals surface area contributed by atoms with E-state index >= 15 is 0 Å². The first-order valence-electron chi connectivity index (χ1n) is 4.49. The van der Waals surface area contributed by atoms with Crippen LogP contribution in [0.5, 0.6) is 0 Å². The molecule has 0 atom stereocenters. The van der Waals surface area contributed by atoms with Crippen molar-refractivity contribution < 1.29 is 0 Å². The third kappa shape index (κ3) is 2.58. The lowest BCUT2D eigenvalue weighted by Crippen LogP contribution is -1.95. The molecule has 0 N–H and O–H groups in total. The second-order valence-corrected chi connectivity index (χ2v) is 4.91. The fraction of sp³-hybridized carbons (Fsp3) is 0.556. The van der Waals surface area contributed by atoms with Crippen molar-refractivity contribution in [2.24, 2.45) is 0 Å². The van der Waals surface area contributed by atoms with Gasteiger partial charge < -0.3 is 0 Å². The Morgan fingerprint density at radius 1 is 1.31 bits per heavy atom. The van der Waals surface area contributed by atoms with Gasteiger partial charge in [-0.15, -0.1) is 11.8 Å². The highest BCUT2D eigenvalue weighted by atomic mass is 35.5. The van der Waals surface area contributed by atoms with Crippen LogP contribution in [0.2, 0.25) is 5.15 Å². The van der Waals surface area contributed by atoms with Crippen molar-refractivity contribution in [3.63, 3.8) is 0 Å². The highest BCUT2D eigenvalue weighted by molar-refractivity contribution is 7.99. The van der Waals surface area contributed by atoms with Crippen LogP contribution in [0.3, 0.4) is 0 Å². The van der Waals surface area contributed by atoms with Gasteiger partial charge in [-0.1, -0.05) is 24.4 Å². The Bertz CT molecular complexity index is 287. The average Bonchev–Trinajstić information content (AvgIpc) is 2.57. The van der Waals surface area contributed by atoms with Crippen molar-refractivity contribution in [3.8, 4) is 0 Å². The summed E-state index contributed by atoms with van der Waals surface area (Å²) in [6, 6.07) is 0. The molecule has 0 amide bonds. The van der Waals surface area contributed by atoms with Crippen LogP contribution in [0.25, 0.3) is 0 Å². The molecule has 1 aromatic rings. The maximum atomic E-state index is 5.74. The molecule has 0 saturated heterocycles. The van der Waals surface area contributed by atoms with Gasteiger partial charge in [-0.2, -0.15) is 0 Å². The third-order valence-corrected chi connectivity index (χ3v) is 3.60. The second-order valence-electron chi connectivity index (χ2n) is 3.20. The van der Waals surface area contributed by atoms with Crippen molar-refractivity contribution in [2.75, 3.05) is 0 Å². The predicted octanol–water partition coefficient (Wildman–Crippen LogP) is 3.16. The molecule has 13 heavy (non-hydrogen) atoms. The molecule has 1 aliphatic rings. The van der Waals surface area contributed by atoms with E-state index in [-0.39, 0.29) is 0 Å². The SMILES string of the molecule is Clc1cncc(SC2CCCC2)n1. The van der Waals surface area contributed by atoms with E-state index in [0.29, 0.717) is 5.15 Å². The molecule has 1 saturated carbocycles. The normalized spacial score (nSPS) is 17.9. The zero-order valence-electron chi connectivity index (χ0n) is 7.24. The Kier molecular flexibility index (Phi) is 3.06. The summed E-state index contributed by atoms with van der Waals surface area (Å²) in [5, 5.41) is 2.18. The average molecular weight is 215 g/mol. The fourth-order valence-corrected chi connectivity index (χ4v) is 2.94. The summed E-state index contributed by atoms with van der Waals surface area (Å²) in [5.74, 6) is 0. The molecule has 0 unspecified atom stereocenters. The van der Waals surface area contributed by atoms with E-state index in [1.54, 1.807) is 12.4 Å². The lowest BCUT2D eigenvalue weighted by atomic mass is 10.4. The molecule has 1 fully saturated rings. The summed E-state index contributed by atoms with van der Waals surface area (Å²) in [6.07, 6.45) is 8.67. The highest BCUT2D eigenvalue weighted by Crippen LogP contribution is 2.33. The molecule has 1 aliphatic carbocycles. The van der Waals surface area contributed by atoms with Crippen LogP contribution in [-0.2, 0) is 0 Å². The molecule has 0 aromatic carbocycles. The van der Waals surface area contributed by atoms with Crippen LogP contribution >= 0.6 is 23.4 Å². The Balaban J connectivity index is 2.00. The van der Waals surface area contributed by atoms with Crippen molar-refractivity contribution in [2.45, 2.75) is 36.0 Å². The quantitative estimate of drug-likeness (QED) is 0.757. The van der Waals surface area contributed by atoms with Crippen LogP contribution in [0.4, 0.5) is 0 Å². The maximum absolute atomic E-state index is 5.74. The predicted molar refractivity (Wildman–Crippen MR) is 55.2 cm³/mol. The molecular formula is C9H11ClN2S. The van der Waals surface area contributed by atoms with E-state index in [0.717, 1.165) is 10.3 Å². The Morgan fingerprint density at radius 3 is 2.77 bits per heavy atom. The van der Waals surface area contributed by atoms with Crippen molar-refractivity contribution in [3.05, 3.63) is 17.5 Å². The topological polar surface area (TPSA) is 25.8 Å². The lowest BCUT2D eigenvalue weighted by Gasteiger charge is -2.06. The van der Waals surface area contributed by atoms with Gasteiger partial charge in [0.15, 0.2) is 0 Å². The fourth-order valence-electron chi connectivity index (χ4n) is 1.56. The number of hydrogen-bond donors (Lipinski definition) is 0. The standard InChI is InChI=1S/C9H11ClN2S/c10-8-5-11-6-9(12-8)13-7-3-1-2-4-7/h5-7H,1-4H2. The van der Waals surface area contributed by atoms with Gasteiger partial charge in [0.1, 0.15) is 10.2 Å². The minimum absolute atomic E-state index is 0.489. The minimum atomic E-state index is 0.489. The van der Waals surface area contributed by atoms with Crippen LogP contribution in [0.15, 0.2) is 17.4 Å². The lowest BCUT2D eigenvalue weighted by molar-refractivity contribution is 0.886. The zero-order valence-corrected chi connectivity index (χ0v) is 8.81. The van der Waals surface area contributed by atoms with Gasteiger partial charge in [0.25, 0.3) is 0 Å². The molecule has 2 nitrogen and oxygen atoms in total. The first kappa shape index (κ1) is 9.28. The van der Waals surface area contributed by atoms with Gasteiger partial charge in [-0.3, -0.25) is 4.98 Å². The van der Waals surface area contributed by atoms with Gasteiger partial charge in [0.05, 0.1) is 12.4 Å². The first-order valence-corrected chi connectivity index (χ1v) is 5.74. The molecule has 0 aliphatic heterocycles. The Labute approximate surface area is 87.1 Å². The van der Waals surface area contributed by atoms with Crippen LogP contribution in [0.1, 0.15) is 25.7 Å². The van der Waals surface area contributed by atoms with E-state index in [1.807, 2.05) is 11.8 Å². The number of thioether (sulfide) groups is 1. The monoisotopic (exact) mass is 214 g/mol. The number of rotatable bonds is 2.